The quantitative estimate of drug-likeness (QED) is 0.877. The number of pyridine rings is 1. The van der Waals surface area contributed by atoms with Gasteiger partial charge in [-0.2, -0.15) is 0 Å². The number of rotatable bonds is 5. The van der Waals surface area contributed by atoms with Gasteiger partial charge >= 0.3 is 0 Å². The first-order valence-corrected chi connectivity index (χ1v) is 6.85. The highest BCUT2D eigenvalue weighted by Crippen LogP contribution is 2.29. The molecule has 0 radical (unpaired) electrons. The summed E-state index contributed by atoms with van der Waals surface area (Å²) >= 11 is 0. The third kappa shape index (κ3) is 2.80. The zero-order valence-corrected chi connectivity index (χ0v) is 12.1. The molecule has 3 nitrogen and oxygen atoms in total. The van der Waals surface area contributed by atoms with Crippen molar-refractivity contribution >= 4 is 16.6 Å². The zero-order chi connectivity index (χ0) is 13.8. The summed E-state index contributed by atoms with van der Waals surface area (Å²) < 4.78 is 5.40. The lowest BCUT2D eigenvalue weighted by Crippen LogP contribution is -2.23. The Bertz CT molecular complexity index is 553. The summed E-state index contributed by atoms with van der Waals surface area (Å²) in [5.74, 6) is 2.44. The molecule has 0 amide bonds. The summed E-state index contributed by atoms with van der Waals surface area (Å²) in [6.45, 7) is 6.67. The van der Waals surface area contributed by atoms with Crippen molar-refractivity contribution in [1.29, 1.82) is 0 Å². The molecule has 2 aromatic rings. The molecule has 0 bridgehead atoms. The summed E-state index contributed by atoms with van der Waals surface area (Å²) in [5, 5.41) is 5.72. The van der Waals surface area contributed by atoms with Crippen LogP contribution in [0.1, 0.15) is 27.2 Å². The van der Waals surface area contributed by atoms with Gasteiger partial charge in [-0.1, -0.05) is 32.4 Å². The number of hydrogen-bond acceptors (Lipinski definition) is 3. The van der Waals surface area contributed by atoms with Crippen molar-refractivity contribution in [3.63, 3.8) is 0 Å². The lowest BCUT2D eigenvalue weighted by molar-refractivity contribution is 0.420. The second kappa shape index (κ2) is 5.91. The van der Waals surface area contributed by atoms with Crippen LogP contribution in [0.3, 0.4) is 0 Å². The van der Waals surface area contributed by atoms with Gasteiger partial charge in [-0.05, 0) is 25.0 Å². The molecule has 0 aliphatic rings. The van der Waals surface area contributed by atoms with Crippen molar-refractivity contribution in [2.24, 2.45) is 5.92 Å². The molecule has 0 fully saturated rings. The van der Waals surface area contributed by atoms with E-state index in [0.29, 0.717) is 12.0 Å². The van der Waals surface area contributed by atoms with Gasteiger partial charge in [0.05, 0.1) is 7.11 Å². The Morgan fingerprint density at radius 3 is 2.68 bits per heavy atom. The van der Waals surface area contributed by atoms with Crippen LogP contribution in [0, 0.1) is 5.92 Å². The number of nitrogens with one attached hydrogen (secondary N) is 1. The second-order valence-electron chi connectivity index (χ2n) is 5.03. The molecule has 1 heterocycles. The van der Waals surface area contributed by atoms with E-state index in [1.807, 2.05) is 24.4 Å². The van der Waals surface area contributed by atoms with Crippen LogP contribution >= 0.6 is 0 Å². The van der Waals surface area contributed by atoms with E-state index in [1.165, 1.54) is 0 Å². The smallest absolute Gasteiger partial charge is 0.134 e. The molecule has 0 saturated heterocycles. The highest BCUT2D eigenvalue weighted by molar-refractivity contribution is 5.95. The van der Waals surface area contributed by atoms with Crippen LogP contribution in [0.2, 0.25) is 0 Å². The minimum atomic E-state index is 0.398. The Hall–Kier alpha value is -1.77. The van der Waals surface area contributed by atoms with Gasteiger partial charge in [-0.15, -0.1) is 0 Å². The first-order valence-electron chi connectivity index (χ1n) is 6.85. The van der Waals surface area contributed by atoms with Crippen molar-refractivity contribution in [3.05, 3.63) is 30.5 Å². The van der Waals surface area contributed by atoms with Crippen molar-refractivity contribution in [1.82, 2.24) is 4.98 Å². The molecule has 102 valence electrons. The Morgan fingerprint density at radius 1 is 1.21 bits per heavy atom. The lowest BCUT2D eigenvalue weighted by atomic mass is 10.0. The Morgan fingerprint density at radius 2 is 2.00 bits per heavy atom. The Kier molecular flexibility index (Phi) is 4.25. The standard InChI is InChI=1S/C16H22N2O/c1-5-11(2)12(3)18-16-14-7-6-8-15(19-4)13(14)9-10-17-16/h6-12H,5H2,1-4H3,(H,17,18). The van der Waals surface area contributed by atoms with E-state index in [1.54, 1.807) is 7.11 Å². The summed E-state index contributed by atoms with van der Waals surface area (Å²) in [4.78, 5) is 4.47. The molecular formula is C16H22N2O. The second-order valence-corrected chi connectivity index (χ2v) is 5.03. The number of hydrogen-bond donors (Lipinski definition) is 1. The summed E-state index contributed by atoms with van der Waals surface area (Å²) in [6.07, 6.45) is 2.98. The predicted molar refractivity (Wildman–Crippen MR) is 80.8 cm³/mol. The minimum absolute atomic E-state index is 0.398. The van der Waals surface area contributed by atoms with Gasteiger partial charge in [0.2, 0.25) is 0 Å². The Balaban J connectivity index is 2.39. The largest absolute Gasteiger partial charge is 0.496 e. The number of aromatic nitrogens is 1. The fourth-order valence-electron chi connectivity index (χ4n) is 2.18. The lowest BCUT2D eigenvalue weighted by Gasteiger charge is -2.21. The van der Waals surface area contributed by atoms with Crippen LogP contribution in [-0.2, 0) is 0 Å². The SMILES string of the molecule is CCC(C)C(C)Nc1nccc2c(OC)cccc12. The summed E-state index contributed by atoms with van der Waals surface area (Å²) in [6, 6.07) is 8.45. The molecule has 2 unspecified atom stereocenters. The third-order valence-corrected chi connectivity index (χ3v) is 3.85. The van der Waals surface area contributed by atoms with Gasteiger partial charge in [0.15, 0.2) is 0 Å². The van der Waals surface area contributed by atoms with E-state index >= 15 is 0 Å². The van der Waals surface area contributed by atoms with E-state index in [4.69, 9.17) is 4.74 Å². The molecule has 2 rings (SSSR count). The average Bonchev–Trinajstić information content (AvgIpc) is 2.46. The van der Waals surface area contributed by atoms with Gasteiger partial charge in [0.25, 0.3) is 0 Å². The number of fused-ring (bicyclic) bond motifs is 1. The van der Waals surface area contributed by atoms with Gasteiger partial charge < -0.3 is 10.1 Å². The number of anilines is 1. The molecule has 19 heavy (non-hydrogen) atoms. The van der Waals surface area contributed by atoms with E-state index in [-0.39, 0.29) is 0 Å². The zero-order valence-electron chi connectivity index (χ0n) is 12.1. The molecule has 1 aromatic carbocycles. The van der Waals surface area contributed by atoms with Gasteiger partial charge in [-0.25, -0.2) is 4.98 Å². The molecule has 0 aliphatic carbocycles. The van der Waals surface area contributed by atoms with E-state index in [9.17, 15) is 0 Å². The van der Waals surface area contributed by atoms with Crippen LogP contribution in [0.5, 0.6) is 5.75 Å². The van der Waals surface area contributed by atoms with Crippen LogP contribution in [-0.4, -0.2) is 18.1 Å². The maximum absolute atomic E-state index is 5.40. The highest BCUT2D eigenvalue weighted by atomic mass is 16.5. The summed E-state index contributed by atoms with van der Waals surface area (Å²) in [7, 11) is 1.70. The Labute approximate surface area is 115 Å². The van der Waals surface area contributed by atoms with E-state index in [2.05, 4.69) is 37.1 Å². The molecule has 1 N–H and O–H groups in total. The normalized spacial score (nSPS) is 14.1. The maximum atomic E-state index is 5.40. The monoisotopic (exact) mass is 258 g/mol. The fourth-order valence-corrected chi connectivity index (χ4v) is 2.18. The van der Waals surface area contributed by atoms with Crippen LogP contribution in [0.25, 0.3) is 10.8 Å². The average molecular weight is 258 g/mol. The van der Waals surface area contributed by atoms with Crippen molar-refractivity contribution in [2.75, 3.05) is 12.4 Å². The predicted octanol–water partition coefficient (Wildman–Crippen LogP) is 4.09. The van der Waals surface area contributed by atoms with Crippen molar-refractivity contribution in [2.45, 2.75) is 33.2 Å². The third-order valence-electron chi connectivity index (χ3n) is 3.85. The topological polar surface area (TPSA) is 34.2 Å². The molecule has 2 atom stereocenters. The highest BCUT2D eigenvalue weighted by Gasteiger charge is 2.13. The van der Waals surface area contributed by atoms with Gasteiger partial charge in [0, 0.05) is 23.0 Å². The van der Waals surface area contributed by atoms with Crippen LogP contribution in [0.15, 0.2) is 30.5 Å². The minimum Gasteiger partial charge on any atom is -0.496 e. The van der Waals surface area contributed by atoms with Crippen molar-refractivity contribution < 1.29 is 4.74 Å². The van der Waals surface area contributed by atoms with Gasteiger partial charge in [-0.3, -0.25) is 0 Å². The number of ether oxygens (including phenoxy) is 1. The maximum Gasteiger partial charge on any atom is 0.134 e. The number of methoxy groups -OCH3 is 1. The van der Waals surface area contributed by atoms with E-state index < -0.39 is 0 Å². The first-order chi connectivity index (χ1) is 9.17. The molecule has 1 aromatic heterocycles. The number of nitrogens with zero attached hydrogens (tertiary/aromatic N) is 1. The van der Waals surface area contributed by atoms with Crippen LogP contribution < -0.4 is 10.1 Å². The number of benzene rings is 1. The van der Waals surface area contributed by atoms with Gasteiger partial charge in [0.1, 0.15) is 11.6 Å². The first kappa shape index (κ1) is 13.7. The van der Waals surface area contributed by atoms with Crippen LogP contribution in [0.4, 0.5) is 5.82 Å². The molecule has 3 heteroatoms. The molecule has 0 spiro atoms. The van der Waals surface area contributed by atoms with Crippen molar-refractivity contribution in [3.8, 4) is 5.75 Å². The fraction of sp³-hybridized carbons (Fsp3) is 0.438. The molecule has 0 aliphatic heterocycles. The van der Waals surface area contributed by atoms with E-state index in [0.717, 1.165) is 28.8 Å². The molecule has 0 saturated carbocycles. The molecular weight excluding hydrogens is 236 g/mol. The summed E-state index contributed by atoms with van der Waals surface area (Å²) in [5.41, 5.74) is 0.